The molecule has 3 aromatic rings. The third-order valence-electron chi connectivity index (χ3n) is 6.72. The Hall–Kier alpha value is -2.81. The molecular formula is C24H27FN4O3S. The van der Waals surface area contributed by atoms with Crippen LogP contribution in [-0.4, -0.2) is 46.6 Å². The second-order valence-corrected chi connectivity index (χ2v) is 11.4. The maximum absolute atomic E-state index is 13.5. The molecule has 1 saturated heterocycles. The number of nitrogens with zero attached hydrogens (tertiary/aromatic N) is 3. The monoisotopic (exact) mass is 470 g/mol. The lowest BCUT2D eigenvalue weighted by Crippen LogP contribution is -2.36. The molecule has 1 N–H and O–H groups in total. The minimum absolute atomic E-state index is 0.00921. The number of hydrogen-bond acceptors (Lipinski definition) is 5. The number of pyridine rings is 1. The lowest BCUT2D eigenvalue weighted by Gasteiger charge is -2.23. The van der Waals surface area contributed by atoms with Crippen molar-refractivity contribution in [2.45, 2.75) is 57.5 Å². The normalized spacial score (nSPS) is 20.8. The molecule has 1 amide bonds. The van der Waals surface area contributed by atoms with Crippen molar-refractivity contribution < 1.29 is 17.6 Å². The van der Waals surface area contributed by atoms with Gasteiger partial charge in [0.2, 0.25) is 0 Å². The van der Waals surface area contributed by atoms with Crippen molar-refractivity contribution in [3.63, 3.8) is 0 Å². The first-order chi connectivity index (χ1) is 15.8. The zero-order chi connectivity index (χ0) is 23.2. The zero-order valence-electron chi connectivity index (χ0n) is 18.6. The quantitative estimate of drug-likeness (QED) is 0.623. The molecule has 0 radical (unpaired) electrons. The molecule has 174 valence electrons. The summed E-state index contributed by atoms with van der Waals surface area (Å²) in [4.78, 5) is 18.2. The number of amides is 1. The summed E-state index contributed by atoms with van der Waals surface area (Å²) in [5, 5.41) is 8.44. The summed E-state index contributed by atoms with van der Waals surface area (Å²) in [6.45, 7) is 1.82. The molecule has 33 heavy (non-hydrogen) atoms. The fourth-order valence-electron chi connectivity index (χ4n) is 4.99. The first-order valence-corrected chi connectivity index (χ1v) is 13.3. The fourth-order valence-corrected chi connectivity index (χ4v) is 6.69. The lowest BCUT2D eigenvalue weighted by molar-refractivity contribution is 0.0929. The van der Waals surface area contributed by atoms with Gasteiger partial charge in [-0.05, 0) is 56.5 Å². The Balaban J connectivity index is 1.64. The molecule has 0 spiro atoms. The summed E-state index contributed by atoms with van der Waals surface area (Å²) in [6.07, 6.45) is 5.78. The van der Waals surface area contributed by atoms with Crippen LogP contribution in [0.4, 0.5) is 4.39 Å². The largest absolute Gasteiger partial charge is 0.349 e. The Labute approximate surface area is 192 Å². The summed E-state index contributed by atoms with van der Waals surface area (Å²) in [6, 6.07) is 7.51. The Kier molecular flexibility index (Phi) is 5.68. The average Bonchev–Trinajstić information content (AvgIpc) is 3.33. The smallest absolute Gasteiger partial charge is 0.252 e. The van der Waals surface area contributed by atoms with Gasteiger partial charge >= 0.3 is 0 Å². The van der Waals surface area contributed by atoms with Crippen molar-refractivity contribution in [2.75, 3.05) is 11.5 Å². The van der Waals surface area contributed by atoms with Gasteiger partial charge in [0.1, 0.15) is 5.82 Å². The Morgan fingerprint density at radius 2 is 1.85 bits per heavy atom. The molecule has 9 heteroatoms. The molecule has 7 nitrogen and oxygen atoms in total. The molecule has 0 bridgehead atoms. The number of sulfone groups is 1. The summed E-state index contributed by atoms with van der Waals surface area (Å²) < 4.78 is 39.4. The van der Waals surface area contributed by atoms with Crippen LogP contribution in [0.3, 0.4) is 0 Å². The summed E-state index contributed by atoms with van der Waals surface area (Å²) >= 11 is 0. The highest BCUT2D eigenvalue weighted by Crippen LogP contribution is 2.32. The number of nitrogens with one attached hydrogen (secondary N) is 1. The first kappa shape index (κ1) is 22.0. The van der Waals surface area contributed by atoms with Gasteiger partial charge in [-0.25, -0.2) is 22.5 Å². The maximum atomic E-state index is 13.5. The van der Waals surface area contributed by atoms with Crippen molar-refractivity contribution in [1.82, 2.24) is 20.1 Å². The van der Waals surface area contributed by atoms with E-state index in [0.29, 0.717) is 40.0 Å². The molecule has 2 aliphatic rings. The number of carbonyl (C=O) groups is 1. The van der Waals surface area contributed by atoms with Gasteiger partial charge in [-0.15, -0.1) is 0 Å². The Morgan fingerprint density at radius 3 is 2.52 bits per heavy atom. The van der Waals surface area contributed by atoms with E-state index in [1.807, 2.05) is 6.92 Å². The highest BCUT2D eigenvalue weighted by Gasteiger charge is 2.32. The molecule has 1 atom stereocenters. The van der Waals surface area contributed by atoms with Crippen LogP contribution in [0.15, 0.2) is 30.3 Å². The first-order valence-electron chi connectivity index (χ1n) is 11.5. The van der Waals surface area contributed by atoms with Crippen LogP contribution in [0.1, 0.15) is 60.6 Å². The van der Waals surface area contributed by atoms with Crippen LogP contribution in [-0.2, 0) is 9.84 Å². The van der Waals surface area contributed by atoms with Crippen LogP contribution in [0.25, 0.3) is 22.3 Å². The predicted molar refractivity (Wildman–Crippen MR) is 124 cm³/mol. The van der Waals surface area contributed by atoms with Crippen molar-refractivity contribution in [1.29, 1.82) is 0 Å². The molecule has 1 aliphatic heterocycles. The van der Waals surface area contributed by atoms with Gasteiger partial charge in [0.25, 0.3) is 5.91 Å². The zero-order valence-corrected chi connectivity index (χ0v) is 19.4. The van der Waals surface area contributed by atoms with Crippen LogP contribution in [0.2, 0.25) is 0 Å². The number of carbonyl (C=O) groups excluding carboxylic acids is 1. The van der Waals surface area contributed by atoms with Crippen molar-refractivity contribution in [3.8, 4) is 11.3 Å². The van der Waals surface area contributed by atoms with Crippen LogP contribution in [0, 0.1) is 12.7 Å². The van der Waals surface area contributed by atoms with Gasteiger partial charge in [0, 0.05) is 11.6 Å². The average molecular weight is 471 g/mol. The Bertz CT molecular complexity index is 1310. The number of benzene rings is 1. The third-order valence-corrected chi connectivity index (χ3v) is 8.47. The minimum atomic E-state index is -3.13. The highest BCUT2D eigenvalue weighted by atomic mass is 32.2. The topological polar surface area (TPSA) is 93.9 Å². The van der Waals surface area contributed by atoms with Crippen molar-refractivity contribution >= 4 is 26.8 Å². The number of hydrogen-bond donors (Lipinski definition) is 1. The van der Waals surface area contributed by atoms with Crippen molar-refractivity contribution in [2.24, 2.45) is 0 Å². The maximum Gasteiger partial charge on any atom is 0.252 e. The van der Waals surface area contributed by atoms with Crippen LogP contribution < -0.4 is 5.32 Å². The van der Waals surface area contributed by atoms with E-state index in [4.69, 9.17) is 4.98 Å². The molecule has 3 heterocycles. The van der Waals surface area contributed by atoms with Crippen LogP contribution >= 0.6 is 0 Å². The second kappa shape index (κ2) is 8.52. The second-order valence-electron chi connectivity index (χ2n) is 9.16. The molecule has 2 fully saturated rings. The number of rotatable bonds is 4. The molecule has 1 unspecified atom stereocenters. The molecule has 2 aromatic heterocycles. The molecule has 5 rings (SSSR count). The van der Waals surface area contributed by atoms with Crippen LogP contribution in [0.5, 0.6) is 0 Å². The van der Waals surface area contributed by atoms with E-state index < -0.39 is 9.84 Å². The molecule has 1 saturated carbocycles. The SMILES string of the molecule is Cc1nn(C2CCS(=O)(=O)C2)c2nc(-c3ccc(F)cc3)cc(C(=O)NC3CCCCC3)c12. The molecule has 1 aromatic carbocycles. The van der Waals surface area contributed by atoms with Gasteiger partial charge in [0.05, 0.1) is 39.9 Å². The molecule has 1 aliphatic carbocycles. The predicted octanol–water partition coefficient (Wildman–Crippen LogP) is 3.97. The number of fused-ring (bicyclic) bond motifs is 1. The van der Waals surface area contributed by atoms with E-state index in [1.165, 1.54) is 18.6 Å². The minimum Gasteiger partial charge on any atom is -0.349 e. The van der Waals surface area contributed by atoms with E-state index in [9.17, 15) is 17.6 Å². The van der Waals surface area contributed by atoms with E-state index >= 15 is 0 Å². The Morgan fingerprint density at radius 1 is 1.12 bits per heavy atom. The summed E-state index contributed by atoms with van der Waals surface area (Å²) in [7, 11) is -3.13. The van der Waals surface area contributed by atoms with Gasteiger partial charge in [-0.2, -0.15) is 5.10 Å². The fraction of sp³-hybridized carbons (Fsp3) is 0.458. The van der Waals surface area contributed by atoms with E-state index in [-0.39, 0.29) is 35.3 Å². The summed E-state index contributed by atoms with van der Waals surface area (Å²) in [5.74, 6) is -0.411. The standard InChI is InChI=1S/C24H27FN4O3S/c1-15-22-20(24(30)26-18-5-3-2-4-6-18)13-21(16-7-9-17(25)10-8-16)27-23(22)29(28-15)19-11-12-33(31,32)14-19/h7-10,13,18-19H,2-6,11-12,14H2,1H3,(H,26,30). The van der Waals surface area contributed by atoms with E-state index in [0.717, 1.165) is 25.7 Å². The van der Waals surface area contributed by atoms with E-state index in [1.54, 1.807) is 22.9 Å². The van der Waals surface area contributed by atoms with Gasteiger partial charge in [-0.1, -0.05) is 19.3 Å². The van der Waals surface area contributed by atoms with Gasteiger partial charge < -0.3 is 5.32 Å². The number of halogens is 1. The number of aromatic nitrogens is 3. The number of aryl methyl sites for hydroxylation is 1. The third kappa shape index (κ3) is 4.38. The van der Waals surface area contributed by atoms with Gasteiger partial charge in [0.15, 0.2) is 15.5 Å². The van der Waals surface area contributed by atoms with Crippen molar-refractivity contribution in [3.05, 3.63) is 47.4 Å². The van der Waals surface area contributed by atoms with Gasteiger partial charge in [-0.3, -0.25) is 4.79 Å². The lowest BCUT2D eigenvalue weighted by atomic mass is 9.95. The van der Waals surface area contributed by atoms with E-state index in [2.05, 4.69) is 10.4 Å². The highest BCUT2D eigenvalue weighted by molar-refractivity contribution is 7.91. The summed E-state index contributed by atoms with van der Waals surface area (Å²) in [5.41, 5.74) is 2.80. The molecular weight excluding hydrogens is 443 g/mol.